The Hall–Kier alpha value is -4.07. The molecule has 0 fully saturated rings. The van der Waals surface area contributed by atoms with Crippen LogP contribution in [0.5, 0.6) is 0 Å². The van der Waals surface area contributed by atoms with Crippen molar-refractivity contribution in [2.75, 3.05) is 5.32 Å². The van der Waals surface area contributed by atoms with E-state index in [1.54, 1.807) is 65.2 Å². The van der Waals surface area contributed by atoms with Gasteiger partial charge in [-0.25, -0.2) is 13.6 Å². The molecular weight excluding hydrogens is 478 g/mol. The first-order chi connectivity index (χ1) is 17.4. The number of carbonyl (C=O) groups is 1. The molecule has 1 atom stereocenters. The topological polar surface area (TPSA) is 81.4 Å². The maximum atomic E-state index is 14.8. The highest BCUT2D eigenvalue weighted by Crippen LogP contribution is 2.33. The third-order valence-corrected chi connectivity index (χ3v) is 5.85. The van der Waals surface area contributed by atoms with Gasteiger partial charge in [-0.2, -0.15) is 0 Å². The first-order valence-corrected chi connectivity index (χ1v) is 11.8. The minimum absolute atomic E-state index is 0.0530. The molecule has 1 N–H and O–H groups in total. The molecule has 0 radical (unpaired) electrons. The average molecular weight is 507 g/mol. The molecule has 4 rings (SSSR count). The van der Waals surface area contributed by atoms with Crippen LogP contribution >= 0.6 is 0 Å². The van der Waals surface area contributed by atoms with Crippen LogP contribution < -0.4 is 10.7 Å². The van der Waals surface area contributed by atoms with Crippen molar-refractivity contribution < 1.29 is 22.7 Å². The fraction of sp³-hybridized carbons (Fsp3) is 0.276. The summed E-state index contributed by atoms with van der Waals surface area (Å²) in [4.78, 5) is 30.2. The fourth-order valence-corrected chi connectivity index (χ4v) is 4.17. The number of nitrogens with one attached hydrogen (secondary N) is 1. The minimum atomic E-state index is -1.30. The van der Waals surface area contributed by atoms with Crippen LogP contribution in [0.1, 0.15) is 60.8 Å². The zero-order valence-electron chi connectivity index (χ0n) is 21.5. The van der Waals surface area contributed by atoms with E-state index in [-0.39, 0.29) is 11.1 Å². The third kappa shape index (κ3) is 5.23. The number of esters is 1. The second kappa shape index (κ2) is 9.76. The number of ether oxygens (including phenoxy) is 1. The van der Waals surface area contributed by atoms with Gasteiger partial charge in [0.05, 0.1) is 17.1 Å². The first-order valence-electron chi connectivity index (χ1n) is 11.8. The molecule has 8 heteroatoms. The molecule has 0 bridgehead atoms. The van der Waals surface area contributed by atoms with Gasteiger partial charge in [0.1, 0.15) is 22.5 Å². The Labute approximate surface area is 213 Å². The summed E-state index contributed by atoms with van der Waals surface area (Å²) in [5, 5.41) is 3.49. The van der Waals surface area contributed by atoms with Crippen molar-refractivity contribution in [2.45, 2.75) is 53.2 Å². The van der Waals surface area contributed by atoms with E-state index in [0.29, 0.717) is 33.4 Å². The predicted octanol–water partition coefficient (Wildman–Crippen LogP) is 6.88. The number of hydrogen-bond acceptors (Lipinski definition) is 6. The number of rotatable bonds is 5. The number of anilines is 1. The Morgan fingerprint density at radius 2 is 1.86 bits per heavy atom. The molecule has 2 aromatic heterocycles. The SMILES string of the molecule is Cc1cc([C@@H](C)Nc2ccc(F)c(F)c2C(=O)OC(C)(C)C)c2oc(-c3cccnc3)c(C)c(=O)c2c1. The second-order valence-corrected chi connectivity index (χ2v) is 10.0. The Kier molecular flexibility index (Phi) is 6.86. The van der Waals surface area contributed by atoms with Crippen molar-refractivity contribution in [3.05, 3.63) is 92.9 Å². The summed E-state index contributed by atoms with van der Waals surface area (Å²) in [6.07, 6.45) is 3.24. The van der Waals surface area contributed by atoms with Gasteiger partial charge in [-0.05, 0) is 77.4 Å². The summed E-state index contributed by atoms with van der Waals surface area (Å²) in [5.41, 5.74) is 1.30. The quantitative estimate of drug-likeness (QED) is 0.297. The highest BCUT2D eigenvalue weighted by Gasteiger charge is 2.27. The Bertz CT molecular complexity index is 1560. The number of halogens is 2. The van der Waals surface area contributed by atoms with Crippen LogP contribution in [0.15, 0.2) is 58.0 Å². The molecule has 0 spiro atoms. The maximum absolute atomic E-state index is 14.8. The van der Waals surface area contributed by atoms with Gasteiger partial charge in [0.2, 0.25) is 0 Å². The van der Waals surface area contributed by atoms with Crippen LogP contribution in [0, 0.1) is 25.5 Å². The molecule has 4 aromatic rings. The van der Waals surface area contributed by atoms with Crippen molar-refractivity contribution in [1.29, 1.82) is 0 Å². The van der Waals surface area contributed by atoms with E-state index in [1.807, 2.05) is 13.0 Å². The lowest BCUT2D eigenvalue weighted by molar-refractivity contribution is 0.00648. The van der Waals surface area contributed by atoms with E-state index < -0.39 is 34.8 Å². The molecule has 0 amide bonds. The van der Waals surface area contributed by atoms with E-state index in [1.165, 1.54) is 6.07 Å². The summed E-state index contributed by atoms with van der Waals surface area (Å²) in [6, 6.07) is 8.80. The van der Waals surface area contributed by atoms with Gasteiger partial charge in [-0.15, -0.1) is 0 Å². The summed E-state index contributed by atoms with van der Waals surface area (Å²) in [6.45, 7) is 10.2. The van der Waals surface area contributed by atoms with Gasteiger partial charge in [-0.3, -0.25) is 9.78 Å². The van der Waals surface area contributed by atoms with Crippen LogP contribution in [-0.2, 0) is 4.74 Å². The summed E-state index contributed by atoms with van der Waals surface area (Å²) in [7, 11) is 0. The molecule has 0 saturated heterocycles. The van der Waals surface area contributed by atoms with Gasteiger partial charge < -0.3 is 14.5 Å². The number of aromatic nitrogens is 1. The van der Waals surface area contributed by atoms with Crippen molar-refractivity contribution in [2.24, 2.45) is 0 Å². The van der Waals surface area contributed by atoms with Crippen LogP contribution in [0.4, 0.5) is 14.5 Å². The lowest BCUT2D eigenvalue weighted by Gasteiger charge is -2.23. The van der Waals surface area contributed by atoms with Gasteiger partial charge >= 0.3 is 5.97 Å². The Morgan fingerprint density at radius 3 is 2.51 bits per heavy atom. The molecule has 0 unspecified atom stereocenters. The average Bonchev–Trinajstić information content (AvgIpc) is 2.83. The number of hydrogen-bond donors (Lipinski definition) is 1. The van der Waals surface area contributed by atoms with Crippen LogP contribution in [0.25, 0.3) is 22.3 Å². The molecule has 192 valence electrons. The Morgan fingerprint density at radius 1 is 1.14 bits per heavy atom. The zero-order valence-corrected chi connectivity index (χ0v) is 21.5. The summed E-state index contributed by atoms with van der Waals surface area (Å²) < 4.78 is 40.5. The smallest absolute Gasteiger partial charge is 0.343 e. The minimum Gasteiger partial charge on any atom is -0.456 e. The molecule has 2 aromatic carbocycles. The molecule has 0 aliphatic heterocycles. The van der Waals surface area contributed by atoms with Gasteiger partial charge in [0.25, 0.3) is 0 Å². The maximum Gasteiger partial charge on any atom is 0.343 e. The van der Waals surface area contributed by atoms with Crippen LogP contribution in [0.2, 0.25) is 0 Å². The first kappa shape index (κ1) is 26.0. The van der Waals surface area contributed by atoms with Crippen LogP contribution in [-0.4, -0.2) is 16.6 Å². The predicted molar refractivity (Wildman–Crippen MR) is 139 cm³/mol. The molecule has 37 heavy (non-hydrogen) atoms. The van der Waals surface area contributed by atoms with Crippen LogP contribution in [0.3, 0.4) is 0 Å². The van der Waals surface area contributed by atoms with E-state index >= 15 is 0 Å². The number of nitrogens with zero attached hydrogens (tertiary/aromatic N) is 1. The number of aryl methyl sites for hydroxylation is 1. The van der Waals surface area contributed by atoms with Gasteiger partial charge in [-0.1, -0.05) is 6.07 Å². The third-order valence-electron chi connectivity index (χ3n) is 5.85. The highest BCUT2D eigenvalue weighted by atomic mass is 19.2. The monoisotopic (exact) mass is 506 g/mol. The second-order valence-electron chi connectivity index (χ2n) is 10.0. The molecule has 2 heterocycles. The van der Waals surface area contributed by atoms with Crippen molar-refractivity contribution >= 4 is 22.6 Å². The van der Waals surface area contributed by atoms with Crippen molar-refractivity contribution in [3.63, 3.8) is 0 Å². The lowest BCUT2D eigenvalue weighted by atomic mass is 9.98. The Balaban J connectivity index is 1.85. The largest absolute Gasteiger partial charge is 0.456 e. The lowest BCUT2D eigenvalue weighted by Crippen LogP contribution is -2.26. The van der Waals surface area contributed by atoms with E-state index in [0.717, 1.165) is 11.6 Å². The van der Waals surface area contributed by atoms with Gasteiger partial charge in [0.15, 0.2) is 17.1 Å². The standard InChI is InChI=1S/C29H28F2N2O4/c1-15-12-19(27-20(13-15)25(34)16(2)26(36-27)18-8-7-11-32-14-18)17(3)33-22-10-9-21(30)24(31)23(22)28(35)37-29(4,5)6/h7-14,17,33H,1-6H3/t17-/m1/s1. The molecule has 6 nitrogen and oxygen atoms in total. The molecule has 0 saturated carbocycles. The molecule has 0 aliphatic carbocycles. The van der Waals surface area contributed by atoms with E-state index in [9.17, 15) is 18.4 Å². The fourth-order valence-electron chi connectivity index (χ4n) is 4.17. The van der Waals surface area contributed by atoms with E-state index in [4.69, 9.17) is 9.15 Å². The number of carbonyl (C=O) groups excluding carboxylic acids is 1. The molecule has 0 aliphatic rings. The highest BCUT2D eigenvalue weighted by molar-refractivity contribution is 5.96. The summed E-state index contributed by atoms with van der Waals surface area (Å²) >= 11 is 0. The van der Waals surface area contributed by atoms with Crippen molar-refractivity contribution in [3.8, 4) is 11.3 Å². The van der Waals surface area contributed by atoms with E-state index in [2.05, 4.69) is 10.3 Å². The number of fused-ring (bicyclic) bond motifs is 1. The molecular formula is C29H28F2N2O4. The normalized spacial score (nSPS) is 12.4. The zero-order chi connectivity index (χ0) is 27.1. The summed E-state index contributed by atoms with van der Waals surface area (Å²) in [5.74, 6) is -3.07. The number of benzene rings is 2. The van der Waals surface area contributed by atoms with Crippen molar-refractivity contribution in [1.82, 2.24) is 4.98 Å². The number of pyridine rings is 1. The van der Waals surface area contributed by atoms with Gasteiger partial charge in [0, 0.05) is 29.1 Å².